The standard InChI is InChI=1S/C29H34F3N7/c1-28(2,19-33)27-8-7-22(16-36-27)34-11-5-6-25-15-21-14-23(18-38-12-9-24(10-13-38)37(3)4)35-17-26(21)39(25)20-29(30,31)32/h7-8,14-17,24,34H,9-13,18,20H2,1-4H3. The van der Waals surface area contributed by atoms with Crippen molar-refractivity contribution in [2.45, 2.75) is 57.4 Å². The highest BCUT2D eigenvalue weighted by Crippen LogP contribution is 2.26. The fourth-order valence-electron chi connectivity index (χ4n) is 4.77. The minimum Gasteiger partial charge on any atom is -0.373 e. The first-order chi connectivity index (χ1) is 18.4. The zero-order valence-corrected chi connectivity index (χ0v) is 22.8. The maximum atomic E-state index is 13.4. The van der Waals surface area contributed by atoms with E-state index in [4.69, 9.17) is 0 Å². The molecule has 1 aliphatic rings. The molecule has 0 aromatic carbocycles. The van der Waals surface area contributed by atoms with Crippen molar-refractivity contribution in [2.75, 3.05) is 39.0 Å². The van der Waals surface area contributed by atoms with Crippen LogP contribution in [0.15, 0.2) is 36.7 Å². The zero-order chi connectivity index (χ0) is 28.2. The number of alkyl halides is 3. The van der Waals surface area contributed by atoms with Gasteiger partial charge in [-0.3, -0.25) is 14.9 Å². The lowest BCUT2D eigenvalue weighted by atomic mass is 9.91. The van der Waals surface area contributed by atoms with Gasteiger partial charge in [-0.25, -0.2) is 0 Å². The van der Waals surface area contributed by atoms with E-state index in [1.807, 2.05) is 6.07 Å². The van der Waals surface area contributed by atoms with Gasteiger partial charge in [-0.1, -0.05) is 5.92 Å². The van der Waals surface area contributed by atoms with Crippen molar-refractivity contribution < 1.29 is 13.2 Å². The molecule has 206 valence electrons. The Bertz CT molecular complexity index is 1380. The summed E-state index contributed by atoms with van der Waals surface area (Å²) in [7, 11) is 4.20. The van der Waals surface area contributed by atoms with Crippen LogP contribution < -0.4 is 5.32 Å². The molecule has 0 spiro atoms. The van der Waals surface area contributed by atoms with Crippen LogP contribution in [-0.4, -0.2) is 70.3 Å². The number of nitrogens with one attached hydrogen (secondary N) is 1. The van der Waals surface area contributed by atoms with Crippen LogP contribution in [0.25, 0.3) is 10.9 Å². The van der Waals surface area contributed by atoms with Crippen LogP contribution in [0, 0.1) is 23.2 Å². The third-order valence-electron chi connectivity index (χ3n) is 7.14. The first-order valence-corrected chi connectivity index (χ1v) is 13.0. The van der Waals surface area contributed by atoms with Crippen LogP contribution in [-0.2, 0) is 18.5 Å². The number of nitriles is 1. The zero-order valence-electron chi connectivity index (χ0n) is 22.8. The molecule has 0 aliphatic carbocycles. The number of halogens is 3. The molecular weight excluding hydrogens is 503 g/mol. The molecule has 10 heteroatoms. The number of nitrogens with zero attached hydrogens (tertiary/aromatic N) is 6. The van der Waals surface area contributed by atoms with Crippen LogP contribution >= 0.6 is 0 Å². The van der Waals surface area contributed by atoms with Gasteiger partial charge >= 0.3 is 6.18 Å². The molecular formula is C29H34F3N7. The fourth-order valence-corrected chi connectivity index (χ4v) is 4.77. The van der Waals surface area contributed by atoms with Gasteiger partial charge in [0.2, 0.25) is 0 Å². The van der Waals surface area contributed by atoms with E-state index in [1.54, 1.807) is 38.2 Å². The van der Waals surface area contributed by atoms with E-state index < -0.39 is 18.1 Å². The van der Waals surface area contributed by atoms with E-state index in [-0.39, 0.29) is 6.54 Å². The predicted molar refractivity (Wildman–Crippen MR) is 146 cm³/mol. The molecule has 0 saturated carbocycles. The molecule has 0 atom stereocenters. The molecule has 4 heterocycles. The lowest BCUT2D eigenvalue weighted by molar-refractivity contribution is -0.140. The first kappa shape index (κ1) is 28.4. The number of hydrogen-bond donors (Lipinski definition) is 1. The number of pyridine rings is 2. The highest BCUT2D eigenvalue weighted by molar-refractivity contribution is 5.82. The van der Waals surface area contributed by atoms with Gasteiger partial charge in [-0.15, -0.1) is 0 Å². The first-order valence-electron chi connectivity index (χ1n) is 13.0. The number of fused-ring (bicyclic) bond motifs is 1. The van der Waals surface area contributed by atoms with E-state index in [0.717, 1.165) is 31.6 Å². The number of anilines is 1. The molecule has 0 bridgehead atoms. The van der Waals surface area contributed by atoms with E-state index in [9.17, 15) is 18.4 Å². The highest BCUT2D eigenvalue weighted by atomic mass is 19.4. The minimum absolute atomic E-state index is 0.225. The van der Waals surface area contributed by atoms with Gasteiger partial charge in [0.15, 0.2) is 0 Å². The van der Waals surface area contributed by atoms with Crippen LogP contribution in [0.5, 0.6) is 0 Å². The summed E-state index contributed by atoms with van der Waals surface area (Å²) >= 11 is 0. The Morgan fingerprint density at radius 3 is 2.46 bits per heavy atom. The SMILES string of the molecule is CN(C)C1CCN(Cc2cc3cc(C#CCNc4ccc(C(C)(C)C#N)nc4)n(CC(F)(F)F)c3cn2)CC1. The van der Waals surface area contributed by atoms with Crippen molar-refractivity contribution in [3.8, 4) is 17.9 Å². The monoisotopic (exact) mass is 537 g/mol. The van der Waals surface area contributed by atoms with Gasteiger partial charge < -0.3 is 14.8 Å². The Labute approximate surface area is 227 Å². The summed E-state index contributed by atoms with van der Waals surface area (Å²) < 4.78 is 41.4. The Morgan fingerprint density at radius 1 is 1.10 bits per heavy atom. The maximum Gasteiger partial charge on any atom is 0.406 e. The summed E-state index contributed by atoms with van der Waals surface area (Å²) in [5, 5.41) is 13.1. The third kappa shape index (κ3) is 7.29. The number of piperidine rings is 1. The van der Waals surface area contributed by atoms with Crippen molar-refractivity contribution >= 4 is 16.6 Å². The van der Waals surface area contributed by atoms with Crippen LogP contribution in [0.3, 0.4) is 0 Å². The van der Waals surface area contributed by atoms with Gasteiger partial charge in [0.25, 0.3) is 0 Å². The van der Waals surface area contributed by atoms with Crippen molar-refractivity contribution in [3.63, 3.8) is 0 Å². The van der Waals surface area contributed by atoms with Crippen molar-refractivity contribution in [1.29, 1.82) is 5.26 Å². The average Bonchev–Trinajstić information content (AvgIpc) is 3.22. The summed E-state index contributed by atoms with van der Waals surface area (Å²) in [6.45, 7) is 5.28. The lowest BCUT2D eigenvalue weighted by Crippen LogP contribution is -2.41. The topological polar surface area (TPSA) is 73.0 Å². The highest BCUT2D eigenvalue weighted by Gasteiger charge is 2.30. The van der Waals surface area contributed by atoms with Gasteiger partial charge in [0, 0.05) is 31.1 Å². The van der Waals surface area contributed by atoms with E-state index in [0.29, 0.717) is 40.6 Å². The van der Waals surface area contributed by atoms with Gasteiger partial charge in [-0.2, -0.15) is 18.4 Å². The molecule has 0 radical (unpaired) electrons. The van der Waals surface area contributed by atoms with E-state index in [1.165, 1.54) is 10.8 Å². The second-order valence-corrected chi connectivity index (χ2v) is 10.8. The van der Waals surface area contributed by atoms with Crippen molar-refractivity contribution in [2.24, 2.45) is 0 Å². The second-order valence-electron chi connectivity index (χ2n) is 10.8. The molecule has 39 heavy (non-hydrogen) atoms. The lowest BCUT2D eigenvalue weighted by Gasteiger charge is -2.34. The predicted octanol–water partition coefficient (Wildman–Crippen LogP) is 4.78. The number of aromatic nitrogens is 3. The molecule has 1 aliphatic heterocycles. The number of likely N-dealkylation sites (tertiary alicyclic amines) is 1. The number of hydrogen-bond acceptors (Lipinski definition) is 6. The average molecular weight is 538 g/mol. The summed E-state index contributed by atoms with van der Waals surface area (Å²) in [6, 6.07) is 9.95. The largest absolute Gasteiger partial charge is 0.406 e. The molecule has 4 rings (SSSR count). The van der Waals surface area contributed by atoms with Gasteiger partial charge in [-0.05, 0) is 71.0 Å². The maximum absolute atomic E-state index is 13.4. The smallest absolute Gasteiger partial charge is 0.373 e. The van der Waals surface area contributed by atoms with Crippen LogP contribution in [0.2, 0.25) is 0 Å². The van der Waals surface area contributed by atoms with Crippen molar-refractivity contribution in [1.82, 2.24) is 24.3 Å². The Balaban J connectivity index is 1.48. The van der Waals surface area contributed by atoms with Gasteiger partial charge in [0.05, 0.1) is 58.7 Å². The molecule has 0 amide bonds. The van der Waals surface area contributed by atoms with E-state index >= 15 is 0 Å². The second kappa shape index (κ2) is 11.6. The molecule has 0 unspecified atom stereocenters. The molecule has 1 saturated heterocycles. The molecule has 3 aromatic rings. The van der Waals surface area contributed by atoms with Crippen LogP contribution in [0.1, 0.15) is 43.8 Å². The summed E-state index contributed by atoms with van der Waals surface area (Å²) in [5.74, 6) is 5.83. The summed E-state index contributed by atoms with van der Waals surface area (Å²) in [6.07, 6.45) is 0.933. The number of rotatable bonds is 7. The fraction of sp³-hybridized carbons (Fsp3) is 0.483. The minimum atomic E-state index is -4.39. The van der Waals surface area contributed by atoms with Crippen molar-refractivity contribution in [3.05, 3.63) is 53.7 Å². The third-order valence-corrected chi connectivity index (χ3v) is 7.14. The normalized spacial score (nSPS) is 15.3. The Kier molecular flexibility index (Phi) is 8.48. The Hall–Kier alpha value is -3.60. The van der Waals surface area contributed by atoms with Crippen LogP contribution in [0.4, 0.5) is 18.9 Å². The van der Waals surface area contributed by atoms with E-state index in [2.05, 4.69) is 57.1 Å². The molecule has 3 aromatic heterocycles. The van der Waals surface area contributed by atoms with Gasteiger partial charge in [0.1, 0.15) is 6.54 Å². The molecule has 1 fully saturated rings. The molecule has 7 nitrogen and oxygen atoms in total. The Morgan fingerprint density at radius 2 is 1.85 bits per heavy atom. The summed E-state index contributed by atoms with van der Waals surface area (Å²) in [4.78, 5) is 13.4. The summed E-state index contributed by atoms with van der Waals surface area (Å²) in [5.41, 5.74) is 2.22. The molecule has 1 N–H and O–H groups in total. The quantitative estimate of drug-likeness (QED) is 0.437.